The average Bonchev–Trinajstić information content (AvgIpc) is 3.32. The van der Waals surface area contributed by atoms with E-state index in [1.807, 2.05) is 48.5 Å². The molecule has 0 spiro atoms. The summed E-state index contributed by atoms with van der Waals surface area (Å²) in [5, 5.41) is 12.9. The fourth-order valence-electron chi connectivity index (χ4n) is 5.38. The Balaban J connectivity index is 1.49. The number of rotatable bonds is 12. The van der Waals surface area contributed by atoms with Crippen LogP contribution in [0.15, 0.2) is 72.8 Å². The van der Waals surface area contributed by atoms with Crippen molar-refractivity contribution >= 4 is 29.8 Å². The van der Waals surface area contributed by atoms with Crippen LogP contribution in [-0.2, 0) is 23.8 Å². The lowest BCUT2D eigenvalue weighted by molar-refractivity contribution is -0.157. The summed E-state index contributed by atoms with van der Waals surface area (Å²) in [7, 11) is 0. The van der Waals surface area contributed by atoms with Gasteiger partial charge in [0.25, 0.3) is 0 Å². The molecule has 11 nitrogen and oxygen atoms in total. The minimum Gasteiger partial charge on any atom is -0.494 e. The highest BCUT2D eigenvalue weighted by Crippen LogP contribution is 2.44. The molecular weight excluding hydrogens is 616 g/mol. The zero-order chi connectivity index (χ0) is 35.1. The van der Waals surface area contributed by atoms with E-state index in [0.29, 0.717) is 18.7 Å². The summed E-state index contributed by atoms with van der Waals surface area (Å²) in [5.74, 6) is -1.96. The number of carbonyl (C=O) groups excluding carboxylic acids is 3. The molecule has 0 radical (unpaired) electrons. The zero-order valence-electron chi connectivity index (χ0n) is 28.3. The summed E-state index contributed by atoms with van der Waals surface area (Å²) >= 11 is 0. The number of hydrogen-bond acceptors (Lipinski definition) is 8. The largest absolute Gasteiger partial charge is 0.494 e. The number of carboxylic acids is 1. The molecule has 1 aliphatic carbocycles. The lowest BCUT2D eigenvalue weighted by Crippen LogP contribution is -2.47. The Kier molecular flexibility index (Phi) is 11.4. The van der Waals surface area contributed by atoms with Crippen LogP contribution < -0.4 is 15.0 Å². The molecule has 0 aromatic heterocycles. The molecule has 0 aliphatic heterocycles. The Morgan fingerprint density at radius 1 is 0.812 bits per heavy atom. The van der Waals surface area contributed by atoms with Crippen molar-refractivity contribution in [1.29, 1.82) is 0 Å². The molecule has 48 heavy (non-hydrogen) atoms. The van der Waals surface area contributed by atoms with Gasteiger partial charge in [-0.3, -0.25) is 9.69 Å². The molecule has 0 fully saturated rings. The van der Waals surface area contributed by atoms with Crippen molar-refractivity contribution in [2.24, 2.45) is 0 Å². The summed E-state index contributed by atoms with van der Waals surface area (Å²) in [5.41, 5.74) is 2.86. The van der Waals surface area contributed by atoms with Crippen molar-refractivity contribution in [2.45, 2.75) is 77.5 Å². The van der Waals surface area contributed by atoms with Gasteiger partial charge >= 0.3 is 24.1 Å². The number of nitrogens with one attached hydrogen (secondary N) is 1. The topological polar surface area (TPSA) is 141 Å². The van der Waals surface area contributed by atoms with Crippen molar-refractivity contribution in [3.63, 3.8) is 0 Å². The van der Waals surface area contributed by atoms with Gasteiger partial charge in [0.1, 0.15) is 29.6 Å². The summed E-state index contributed by atoms with van der Waals surface area (Å²) in [6.45, 7) is 11.0. The van der Waals surface area contributed by atoms with Gasteiger partial charge in [-0.15, -0.1) is 0 Å². The molecular formula is C37H44N2O9. The number of fused-ring (bicyclic) bond motifs is 3. The lowest BCUT2D eigenvalue weighted by Gasteiger charge is -2.29. The molecule has 3 aromatic carbocycles. The highest BCUT2D eigenvalue weighted by molar-refractivity contribution is 5.97. The molecule has 4 rings (SSSR count). The molecule has 256 valence electrons. The van der Waals surface area contributed by atoms with Crippen LogP contribution in [0.2, 0.25) is 0 Å². The van der Waals surface area contributed by atoms with E-state index in [2.05, 4.69) is 5.32 Å². The quantitative estimate of drug-likeness (QED) is 0.120. The van der Waals surface area contributed by atoms with E-state index in [9.17, 15) is 24.3 Å². The third kappa shape index (κ3) is 9.73. The van der Waals surface area contributed by atoms with Crippen LogP contribution in [0.4, 0.5) is 15.3 Å². The summed E-state index contributed by atoms with van der Waals surface area (Å²) in [4.78, 5) is 52.0. The first-order valence-electron chi connectivity index (χ1n) is 15.9. The molecule has 1 aliphatic rings. The Hall–Kier alpha value is -5.06. The van der Waals surface area contributed by atoms with Gasteiger partial charge in [-0.25, -0.2) is 14.4 Å². The maximum Gasteiger partial charge on any atom is 0.415 e. The molecule has 0 saturated carbocycles. The zero-order valence-corrected chi connectivity index (χ0v) is 28.3. The highest BCUT2D eigenvalue weighted by Gasteiger charge is 2.37. The van der Waals surface area contributed by atoms with Gasteiger partial charge in [-0.2, -0.15) is 0 Å². The van der Waals surface area contributed by atoms with Gasteiger partial charge < -0.3 is 29.4 Å². The summed E-state index contributed by atoms with van der Waals surface area (Å²) in [6, 6.07) is 20.4. The minimum atomic E-state index is -1.61. The molecule has 1 atom stereocenters. The van der Waals surface area contributed by atoms with E-state index >= 15 is 0 Å². The molecule has 2 amide bonds. The van der Waals surface area contributed by atoms with Gasteiger partial charge in [0.15, 0.2) is 0 Å². The fourth-order valence-corrected chi connectivity index (χ4v) is 5.38. The number of alkyl carbamates (subject to hydrolysis) is 1. The second kappa shape index (κ2) is 15.2. The van der Waals surface area contributed by atoms with Crippen LogP contribution in [-0.4, -0.2) is 66.2 Å². The number of hydrogen-bond donors (Lipinski definition) is 2. The maximum atomic E-state index is 13.8. The minimum absolute atomic E-state index is 0.0410. The number of esters is 1. The van der Waals surface area contributed by atoms with E-state index in [0.717, 1.165) is 27.2 Å². The van der Waals surface area contributed by atoms with Crippen LogP contribution in [0.1, 0.15) is 71.4 Å². The second-order valence-electron chi connectivity index (χ2n) is 13.4. The first-order chi connectivity index (χ1) is 22.6. The predicted octanol–water partition coefficient (Wildman–Crippen LogP) is 6.92. The van der Waals surface area contributed by atoms with Crippen molar-refractivity contribution in [1.82, 2.24) is 5.32 Å². The van der Waals surface area contributed by atoms with Crippen LogP contribution >= 0.6 is 0 Å². The van der Waals surface area contributed by atoms with Crippen molar-refractivity contribution in [3.8, 4) is 16.9 Å². The predicted molar refractivity (Wildman–Crippen MR) is 180 cm³/mol. The van der Waals surface area contributed by atoms with Crippen molar-refractivity contribution < 1.29 is 43.2 Å². The van der Waals surface area contributed by atoms with E-state index < -0.39 is 47.8 Å². The van der Waals surface area contributed by atoms with Crippen molar-refractivity contribution in [3.05, 3.63) is 83.9 Å². The van der Waals surface area contributed by atoms with E-state index in [4.69, 9.17) is 18.9 Å². The van der Waals surface area contributed by atoms with Crippen LogP contribution in [0.5, 0.6) is 5.75 Å². The van der Waals surface area contributed by atoms with Crippen LogP contribution in [0, 0.1) is 0 Å². The van der Waals surface area contributed by atoms with Crippen molar-refractivity contribution in [2.75, 3.05) is 24.7 Å². The Labute approximate surface area is 281 Å². The van der Waals surface area contributed by atoms with E-state index in [-0.39, 0.29) is 24.8 Å². The SMILES string of the molecule is CC(C)(C)OC(=O)C[C@@H](C(=O)O)N(C(=O)OCC1c2ccccc2-c2ccccc21)c1ccc(OCCCNC(=O)OC(C)(C)C)cc1. The molecule has 0 bridgehead atoms. The Bertz CT molecular complexity index is 1560. The number of amides is 2. The Morgan fingerprint density at radius 2 is 1.38 bits per heavy atom. The molecule has 0 unspecified atom stereocenters. The monoisotopic (exact) mass is 660 g/mol. The van der Waals surface area contributed by atoms with Gasteiger partial charge in [-0.1, -0.05) is 48.5 Å². The second-order valence-corrected chi connectivity index (χ2v) is 13.4. The lowest BCUT2D eigenvalue weighted by atomic mass is 9.98. The molecule has 0 saturated heterocycles. The van der Waals surface area contributed by atoms with Gasteiger partial charge in [0.05, 0.1) is 13.0 Å². The number of carbonyl (C=O) groups is 4. The number of aliphatic carboxylic acids is 1. The Morgan fingerprint density at radius 3 is 1.92 bits per heavy atom. The first-order valence-corrected chi connectivity index (χ1v) is 15.9. The molecule has 2 N–H and O–H groups in total. The van der Waals surface area contributed by atoms with Gasteiger partial charge in [-0.05, 0) is 94.5 Å². The summed E-state index contributed by atoms with van der Waals surface area (Å²) < 4.78 is 22.2. The third-order valence-corrected chi connectivity index (χ3v) is 7.28. The molecule has 0 heterocycles. The first kappa shape index (κ1) is 35.8. The maximum absolute atomic E-state index is 13.8. The number of ether oxygens (including phenoxy) is 4. The number of anilines is 1. The smallest absolute Gasteiger partial charge is 0.415 e. The third-order valence-electron chi connectivity index (χ3n) is 7.28. The van der Waals surface area contributed by atoms with Gasteiger partial charge in [0.2, 0.25) is 0 Å². The highest BCUT2D eigenvalue weighted by atomic mass is 16.6. The van der Waals surface area contributed by atoms with Gasteiger partial charge in [0, 0.05) is 18.2 Å². The number of benzene rings is 3. The van der Waals surface area contributed by atoms with E-state index in [1.54, 1.807) is 53.7 Å². The van der Waals surface area contributed by atoms with Crippen LogP contribution in [0.25, 0.3) is 11.1 Å². The van der Waals surface area contributed by atoms with E-state index in [1.165, 1.54) is 12.1 Å². The van der Waals surface area contributed by atoms with Crippen LogP contribution in [0.3, 0.4) is 0 Å². The number of carboxylic acid groups (broad SMARTS) is 1. The number of nitrogens with zero attached hydrogens (tertiary/aromatic N) is 1. The summed E-state index contributed by atoms with van der Waals surface area (Å²) in [6.07, 6.45) is -1.53. The average molecular weight is 661 g/mol. The standard InChI is InChI=1S/C37H44N2O9/c1-36(2,3)47-32(40)22-31(33(41)42)39(24-16-18-25(19-17-24)45-21-11-20-38-34(43)48-37(4,5)6)35(44)46-23-30-28-14-9-7-12-26(28)27-13-8-10-15-29(27)30/h7-10,12-19,30-31H,11,20-23H2,1-6H3,(H,38,43)(H,41,42)/t31-/m0/s1. The fraction of sp³-hybridized carbons (Fsp3) is 0.405. The molecule has 11 heteroatoms. The normalized spacial score (nSPS) is 13.0. The molecule has 3 aromatic rings.